The summed E-state index contributed by atoms with van der Waals surface area (Å²) < 4.78 is 5.70. The van der Waals surface area contributed by atoms with Crippen LogP contribution in [-0.2, 0) is 32.0 Å². The summed E-state index contributed by atoms with van der Waals surface area (Å²) in [6, 6.07) is 11.1. The van der Waals surface area contributed by atoms with Gasteiger partial charge in [0.2, 0.25) is 17.7 Å². The summed E-state index contributed by atoms with van der Waals surface area (Å²) in [5.41, 5.74) is 4.36. The lowest BCUT2D eigenvalue weighted by atomic mass is 9.76. The van der Waals surface area contributed by atoms with Gasteiger partial charge in [-0.2, -0.15) is 0 Å². The molecule has 0 radical (unpaired) electrons. The molecule has 0 bridgehead atoms. The van der Waals surface area contributed by atoms with E-state index < -0.39 is 11.9 Å². The number of para-hydroxylation sites is 1. The second-order valence-corrected chi connectivity index (χ2v) is 11.0. The average Bonchev–Trinajstić information content (AvgIpc) is 3.40. The molecule has 2 aromatic rings. The van der Waals surface area contributed by atoms with Gasteiger partial charge in [-0.05, 0) is 79.8 Å². The second-order valence-electron chi connectivity index (χ2n) is 11.0. The van der Waals surface area contributed by atoms with Crippen molar-refractivity contribution in [3.63, 3.8) is 0 Å². The van der Waals surface area contributed by atoms with Crippen molar-refractivity contribution in [2.75, 3.05) is 16.3 Å². The number of nitrogens with zero attached hydrogens (tertiary/aromatic N) is 2. The third-order valence-electron chi connectivity index (χ3n) is 8.51. The Labute approximate surface area is 224 Å². The number of hydrogen-bond acceptors (Lipinski definition) is 5. The van der Waals surface area contributed by atoms with Crippen molar-refractivity contribution in [2.24, 2.45) is 23.7 Å². The van der Waals surface area contributed by atoms with E-state index in [1.54, 1.807) is 23.1 Å². The molecule has 2 aliphatic heterocycles. The van der Waals surface area contributed by atoms with E-state index in [2.05, 4.69) is 20.8 Å². The number of fused-ring (bicyclic) bond motifs is 1. The minimum Gasteiger partial charge on any atom is -0.426 e. The summed E-state index contributed by atoms with van der Waals surface area (Å²) in [5, 5.41) is 0. The molecule has 4 atom stereocenters. The minimum atomic E-state index is -0.566. The molecule has 3 amide bonds. The van der Waals surface area contributed by atoms with Gasteiger partial charge in [-0.3, -0.25) is 19.2 Å². The third kappa shape index (κ3) is 4.52. The van der Waals surface area contributed by atoms with Gasteiger partial charge in [-0.15, -0.1) is 0 Å². The largest absolute Gasteiger partial charge is 0.426 e. The van der Waals surface area contributed by atoms with Gasteiger partial charge in [-0.1, -0.05) is 39.0 Å². The Balaban J connectivity index is 1.30. The smallest absolute Gasteiger partial charge is 0.316 e. The van der Waals surface area contributed by atoms with E-state index in [4.69, 9.17) is 4.74 Å². The Kier molecular flexibility index (Phi) is 7.12. The van der Waals surface area contributed by atoms with Crippen LogP contribution in [0.15, 0.2) is 36.4 Å². The SMILES string of the molecule is CCc1cccc(CC)c1N1C[C@H](C(=O)Oc2ccc(N3C(=O)[C@@H]4CC[C@H](C)C[C@H]4C3=O)c(C)c2)CC1=O. The van der Waals surface area contributed by atoms with Crippen LogP contribution in [-0.4, -0.2) is 30.2 Å². The predicted molar refractivity (Wildman–Crippen MR) is 145 cm³/mol. The molecule has 0 unspecified atom stereocenters. The monoisotopic (exact) mass is 516 g/mol. The standard InChI is InChI=1S/C31H36N2O5/c1-5-20-8-7-9-21(6-2)28(20)32-17-22(16-27(32)34)31(37)38-23-11-13-26(19(4)15-23)33-29(35)24-12-10-18(3)14-25(24)30(33)36/h7-9,11,13,15,18,22,24-25H,5-6,10,12,14,16-17H2,1-4H3/t18-,22+,24+,25+/m0/s1. The summed E-state index contributed by atoms with van der Waals surface area (Å²) in [6.07, 6.45) is 4.18. The van der Waals surface area contributed by atoms with Gasteiger partial charge in [0.15, 0.2) is 0 Å². The van der Waals surface area contributed by atoms with Crippen LogP contribution in [0.4, 0.5) is 11.4 Å². The number of rotatable bonds is 6. The molecular formula is C31H36N2O5. The minimum absolute atomic E-state index is 0.0732. The van der Waals surface area contributed by atoms with Gasteiger partial charge in [0.1, 0.15) is 5.75 Å². The average molecular weight is 517 g/mol. The molecule has 2 heterocycles. The van der Waals surface area contributed by atoms with Gasteiger partial charge in [0.05, 0.1) is 23.4 Å². The summed E-state index contributed by atoms with van der Waals surface area (Å²) >= 11 is 0. The van der Waals surface area contributed by atoms with Crippen LogP contribution in [0.25, 0.3) is 0 Å². The molecule has 5 rings (SSSR count). The molecule has 7 heteroatoms. The molecule has 38 heavy (non-hydrogen) atoms. The number of benzene rings is 2. The Hall–Kier alpha value is -3.48. The maximum absolute atomic E-state index is 13.1. The first-order valence-electron chi connectivity index (χ1n) is 13.8. The fraction of sp³-hybridized carbons (Fsp3) is 0.484. The summed E-state index contributed by atoms with van der Waals surface area (Å²) in [4.78, 5) is 55.4. The van der Waals surface area contributed by atoms with E-state index in [1.807, 2.05) is 25.1 Å². The van der Waals surface area contributed by atoms with E-state index >= 15 is 0 Å². The zero-order valence-corrected chi connectivity index (χ0v) is 22.7. The maximum atomic E-state index is 13.1. The van der Waals surface area contributed by atoms with E-state index in [0.717, 1.165) is 48.9 Å². The van der Waals surface area contributed by atoms with Crippen molar-refractivity contribution in [1.82, 2.24) is 0 Å². The fourth-order valence-corrected chi connectivity index (χ4v) is 6.41. The lowest BCUT2D eigenvalue weighted by Crippen LogP contribution is -2.31. The van der Waals surface area contributed by atoms with Crippen LogP contribution in [0, 0.1) is 30.6 Å². The number of carbonyl (C=O) groups excluding carboxylic acids is 4. The van der Waals surface area contributed by atoms with E-state index in [1.165, 1.54) is 4.90 Å². The third-order valence-corrected chi connectivity index (χ3v) is 8.51. The number of esters is 1. The van der Waals surface area contributed by atoms with Crippen LogP contribution in [0.5, 0.6) is 5.75 Å². The highest BCUT2D eigenvalue weighted by molar-refractivity contribution is 6.22. The highest BCUT2D eigenvalue weighted by atomic mass is 16.5. The van der Waals surface area contributed by atoms with Gasteiger partial charge in [0.25, 0.3) is 0 Å². The van der Waals surface area contributed by atoms with Gasteiger partial charge >= 0.3 is 5.97 Å². The fourth-order valence-electron chi connectivity index (χ4n) is 6.41. The van der Waals surface area contributed by atoms with Gasteiger partial charge < -0.3 is 9.64 Å². The summed E-state index contributed by atoms with van der Waals surface area (Å²) in [6.45, 7) is 8.36. The number of ether oxygens (including phenoxy) is 1. The highest BCUT2D eigenvalue weighted by Gasteiger charge is 2.50. The molecule has 1 saturated carbocycles. The zero-order chi connectivity index (χ0) is 27.1. The number of imide groups is 1. The first-order chi connectivity index (χ1) is 18.2. The van der Waals surface area contributed by atoms with Crippen LogP contribution < -0.4 is 14.5 Å². The molecule has 3 fully saturated rings. The molecule has 0 N–H and O–H groups in total. The number of amides is 3. The van der Waals surface area contributed by atoms with Crippen molar-refractivity contribution in [2.45, 2.75) is 66.2 Å². The second kappa shape index (κ2) is 10.4. The molecule has 1 aliphatic carbocycles. The Morgan fingerprint density at radius 3 is 2.32 bits per heavy atom. The molecule has 7 nitrogen and oxygen atoms in total. The molecular weight excluding hydrogens is 480 g/mol. The van der Waals surface area contributed by atoms with Gasteiger partial charge in [-0.25, -0.2) is 4.90 Å². The number of carbonyl (C=O) groups is 4. The normalized spacial score (nSPS) is 25.2. The Morgan fingerprint density at radius 1 is 0.974 bits per heavy atom. The van der Waals surface area contributed by atoms with Crippen molar-refractivity contribution in [3.8, 4) is 5.75 Å². The van der Waals surface area contributed by atoms with Crippen molar-refractivity contribution >= 4 is 35.1 Å². The van der Waals surface area contributed by atoms with Crippen molar-refractivity contribution in [3.05, 3.63) is 53.1 Å². The molecule has 0 aromatic heterocycles. The van der Waals surface area contributed by atoms with Crippen LogP contribution in [0.2, 0.25) is 0 Å². The van der Waals surface area contributed by atoms with Gasteiger partial charge in [0, 0.05) is 18.7 Å². The topological polar surface area (TPSA) is 84.0 Å². The Bertz CT molecular complexity index is 1280. The quantitative estimate of drug-likeness (QED) is 0.306. The lowest BCUT2D eigenvalue weighted by molar-refractivity contribution is -0.139. The summed E-state index contributed by atoms with van der Waals surface area (Å²) in [5.74, 6) is -1.02. The zero-order valence-electron chi connectivity index (χ0n) is 22.7. The molecule has 3 aliphatic rings. The van der Waals surface area contributed by atoms with Crippen LogP contribution in [0.3, 0.4) is 0 Å². The molecule has 2 aromatic carbocycles. The van der Waals surface area contributed by atoms with Crippen LogP contribution >= 0.6 is 0 Å². The number of aryl methyl sites for hydroxylation is 3. The molecule has 0 spiro atoms. The first-order valence-corrected chi connectivity index (χ1v) is 13.8. The first kappa shape index (κ1) is 26.1. The van der Waals surface area contributed by atoms with Crippen LogP contribution in [0.1, 0.15) is 63.1 Å². The number of anilines is 2. The Morgan fingerprint density at radius 2 is 1.66 bits per heavy atom. The maximum Gasteiger partial charge on any atom is 0.316 e. The summed E-state index contributed by atoms with van der Waals surface area (Å²) in [7, 11) is 0. The van der Waals surface area contributed by atoms with Crippen molar-refractivity contribution < 1.29 is 23.9 Å². The molecule has 200 valence electrons. The molecule has 2 saturated heterocycles. The number of hydrogen-bond donors (Lipinski definition) is 0. The van der Waals surface area contributed by atoms with Crippen molar-refractivity contribution in [1.29, 1.82) is 0 Å². The highest BCUT2D eigenvalue weighted by Crippen LogP contribution is 2.43. The predicted octanol–water partition coefficient (Wildman–Crippen LogP) is 5.00. The lowest BCUT2D eigenvalue weighted by Gasteiger charge is -2.25. The van der Waals surface area contributed by atoms with E-state index in [0.29, 0.717) is 22.9 Å². The van der Waals surface area contributed by atoms with E-state index in [-0.39, 0.29) is 42.5 Å². The van der Waals surface area contributed by atoms with E-state index in [9.17, 15) is 19.2 Å².